The van der Waals surface area contributed by atoms with E-state index in [1.165, 1.54) is 18.4 Å². The number of aromatic amines is 1. The summed E-state index contributed by atoms with van der Waals surface area (Å²) in [7, 11) is 1.74. The zero-order chi connectivity index (χ0) is 44.5. The van der Waals surface area contributed by atoms with E-state index in [4.69, 9.17) is 34.8 Å². The fraction of sp³-hybridized carbons (Fsp3) is 0.234. The van der Waals surface area contributed by atoms with Crippen LogP contribution in [0, 0.1) is 23.0 Å². The van der Waals surface area contributed by atoms with Crippen LogP contribution in [0.3, 0.4) is 0 Å². The van der Waals surface area contributed by atoms with Gasteiger partial charge in [0, 0.05) is 41.3 Å². The maximum atomic E-state index is 15.5. The summed E-state index contributed by atoms with van der Waals surface area (Å²) in [5.41, 5.74) is 4.21. The van der Waals surface area contributed by atoms with Crippen LogP contribution in [0.15, 0.2) is 88.3 Å². The van der Waals surface area contributed by atoms with Crippen LogP contribution in [0.2, 0.25) is 5.02 Å². The van der Waals surface area contributed by atoms with Crippen LogP contribution < -0.4 is 9.47 Å². The number of ether oxygens (including phenoxy) is 3. The fourth-order valence-electron chi connectivity index (χ4n) is 7.42. The number of H-pyrrole nitrogens is 1. The topological polar surface area (TPSA) is 171 Å². The Morgan fingerprint density at radius 3 is 2.19 bits per heavy atom. The Balaban J connectivity index is 0.912. The number of hydrogen-bond donors (Lipinski definition) is 1. The largest absolute Gasteiger partial charge is 0.490 e. The monoisotopic (exact) mass is 872 g/mol. The molecule has 1 N–H and O–H groups in total. The second-order valence-electron chi connectivity index (χ2n) is 15.4. The highest BCUT2D eigenvalue weighted by Gasteiger charge is 2.24. The van der Waals surface area contributed by atoms with Gasteiger partial charge in [-0.3, -0.25) is 9.59 Å². The number of nitrogens with zero attached hydrogens (tertiary/aromatic N) is 5. The summed E-state index contributed by atoms with van der Waals surface area (Å²) < 4.78 is 60.4. The number of hydrogen-bond acceptors (Lipinski definition) is 11. The van der Waals surface area contributed by atoms with Gasteiger partial charge in [-0.15, -0.1) is 0 Å². The number of carbonyl (C=O) groups is 2. The third-order valence-electron chi connectivity index (χ3n) is 10.2. The van der Waals surface area contributed by atoms with E-state index in [1.807, 2.05) is 27.7 Å². The number of halogens is 3. The number of carbonyl (C=O) groups excluding carboxylic acids is 2. The van der Waals surface area contributed by atoms with E-state index in [-0.39, 0.29) is 72.3 Å². The molecule has 0 fully saturated rings. The second kappa shape index (κ2) is 17.6. The summed E-state index contributed by atoms with van der Waals surface area (Å²) >= 11 is 6.41. The van der Waals surface area contributed by atoms with E-state index in [2.05, 4.69) is 26.2 Å². The third-order valence-corrected chi connectivity index (χ3v) is 10.4. The van der Waals surface area contributed by atoms with Crippen molar-refractivity contribution >= 4 is 45.3 Å². The predicted molar refractivity (Wildman–Crippen MR) is 230 cm³/mol. The van der Waals surface area contributed by atoms with Crippen molar-refractivity contribution in [2.45, 2.75) is 65.6 Å². The highest BCUT2D eigenvalue weighted by molar-refractivity contribution is 6.32. The number of nitriles is 1. The van der Waals surface area contributed by atoms with Crippen LogP contribution in [-0.2, 0) is 34.2 Å². The van der Waals surface area contributed by atoms with Gasteiger partial charge in [0.15, 0.2) is 0 Å². The molecule has 0 amide bonds. The van der Waals surface area contributed by atoms with Gasteiger partial charge >= 0.3 is 11.9 Å². The maximum Gasteiger partial charge on any atom is 0.313 e. The number of esters is 2. The van der Waals surface area contributed by atoms with Gasteiger partial charge in [-0.25, -0.2) is 13.8 Å². The average Bonchev–Trinajstić information content (AvgIpc) is 4.07. The summed E-state index contributed by atoms with van der Waals surface area (Å²) in [6, 6.07) is 18.0. The zero-order valence-electron chi connectivity index (χ0n) is 34.7. The van der Waals surface area contributed by atoms with Crippen LogP contribution in [0.4, 0.5) is 8.78 Å². The maximum absolute atomic E-state index is 15.5. The molecule has 0 bridgehead atoms. The van der Waals surface area contributed by atoms with Crippen LogP contribution in [0.5, 0.6) is 11.5 Å². The highest BCUT2D eigenvalue weighted by atomic mass is 35.5. The lowest BCUT2D eigenvalue weighted by atomic mass is 10.0. The van der Waals surface area contributed by atoms with Crippen molar-refractivity contribution in [3.05, 3.63) is 113 Å². The molecule has 0 spiro atoms. The van der Waals surface area contributed by atoms with Crippen molar-refractivity contribution in [1.29, 1.82) is 5.26 Å². The number of aryl methyl sites for hydroxylation is 3. The molecule has 0 saturated carbocycles. The second-order valence-corrected chi connectivity index (χ2v) is 15.8. The molecule has 13 nitrogen and oxygen atoms in total. The van der Waals surface area contributed by atoms with Crippen molar-refractivity contribution in [3.8, 4) is 63.1 Å². The summed E-state index contributed by atoms with van der Waals surface area (Å²) in [6.45, 7) is 7.50. The van der Waals surface area contributed by atoms with Crippen LogP contribution in [0.25, 0.3) is 67.4 Å². The minimum absolute atomic E-state index is 0.0269. The number of benzene rings is 4. The van der Waals surface area contributed by atoms with E-state index in [0.29, 0.717) is 60.6 Å². The van der Waals surface area contributed by atoms with Gasteiger partial charge in [0.2, 0.25) is 11.7 Å². The standard InChI is InChI=1S/C47H39ClF2N6O7/c1-24(2)60-37-14-6-26(18-30(37)20-51)46-53-36(23-59-46)41-34(49)12-10-31-28(21-52-43(31)41)8-16-39(57)62-40(58)17-9-29-22-56(5)44-32(29)11-13-35(50)42(44)45-54-47(63-55-45)27-7-15-38(33(48)19-27)61-25(3)4/h6-7,10-15,18-19,21-25,52H,8-9,16-17H2,1-5H3. The zero-order valence-corrected chi connectivity index (χ0v) is 35.5. The van der Waals surface area contributed by atoms with Crippen molar-refractivity contribution < 1.29 is 41.5 Å². The lowest BCUT2D eigenvalue weighted by Gasteiger charge is -2.11. The molecule has 320 valence electrons. The van der Waals surface area contributed by atoms with Gasteiger partial charge in [-0.2, -0.15) is 10.2 Å². The summed E-state index contributed by atoms with van der Waals surface area (Å²) in [5, 5.41) is 15.4. The molecule has 0 aliphatic carbocycles. The fourth-order valence-corrected chi connectivity index (χ4v) is 7.64. The first kappa shape index (κ1) is 42.4. The van der Waals surface area contributed by atoms with E-state index in [1.54, 1.807) is 72.5 Å². The first-order valence-electron chi connectivity index (χ1n) is 20.0. The van der Waals surface area contributed by atoms with E-state index < -0.39 is 23.6 Å². The molecule has 16 heteroatoms. The molecule has 4 heterocycles. The third kappa shape index (κ3) is 8.76. The molecule has 0 saturated heterocycles. The highest BCUT2D eigenvalue weighted by Crippen LogP contribution is 2.37. The molecule has 4 aromatic heterocycles. The Labute approximate surface area is 364 Å². The Kier molecular flexibility index (Phi) is 11.8. The van der Waals surface area contributed by atoms with E-state index >= 15 is 8.78 Å². The average molecular weight is 873 g/mol. The summed E-state index contributed by atoms with van der Waals surface area (Å²) in [5.74, 6) is -1.27. The first-order chi connectivity index (χ1) is 30.3. The molecule has 63 heavy (non-hydrogen) atoms. The molecule has 0 aliphatic heterocycles. The van der Waals surface area contributed by atoms with Crippen molar-refractivity contribution in [2.24, 2.45) is 7.05 Å². The SMILES string of the molecule is CC(C)Oc1ccc(-c2nc(-c3c(F)ccc4c(CCC(=O)OC(=O)CCc5c[nH]c6c(-c7coc(-c8ccc(OC(C)C)c(C#N)c8)n7)c(F)ccc56)cn(C)c34)no2)cc1Cl. The van der Waals surface area contributed by atoms with Crippen molar-refractivity contribution in [1.82, 2.24) is 24.7 Å². The van der Waals surface area contributed by atoms with Gasteiger partial charge in [0.25, 0.3) is 5.89 Å². The van der Waals surface area contributed by atoms with Crippen LogP contribution in [-0.4, -0.2) is 48.8 Å². The summed E-state index contributed by atoms with van der Waals surface area (Å²) in [4.78, 5) is 37.9. The number of nitrogens with one attached hydrogen (secondary N) is 1. The lowest BCUT2D eigenvalue weighted by Crippen LogP contribution is -2.13. The smallest absolute Gasteiger partial charge is 0.313 e. The molecular weight excluding hydrogens is 834 g/mol. The molecule has 0 aliphatic rings. The Bertz CT molecular complexity index is 3090. The van der Waals surface area contributed by atoms with E-state index in [0.717, 1.165) is 5.56 Å². The van der Waals surface area contributed by atoms with Gasteiger partial charge in [0.05, 0.1) is 57.8 Å². The molecule has 4 aromatic carbocycles. The minimum atomic E-state index is -0.724. The number of aromatic nitrogens is 5. The van der Waals surface area contributed by atoms with Gasteiger partial charge in [-0.1, -0.05) is 16.8 Å². The van der Waals surface area contributed by atoms with Crippen LogP contribution >= 0.6 is 11.6 Å². The Morgan fingerprint density at radius 2 is 1.49 bits per heavy atom. The molecular formula is C47H39ClF2N6O7. The minimum Gasteiger partial charge on any atom is -0.490 e. The van der Waals surface area contributed by atoms with E-state index in [9.17, 15) is 14.9 Å². The number of rotatable bonds is 14. The first-order valence-corrected chi connectivity index (χ1v) is 20.4. The Hall–Kier alpha value is -7.31. The molecule has 0 radical (unpaired) electrons. The van der Waals surface area contributed by atoms with Gasteiger partial charge in [0.1, 0.15) is 41.2 Å². The van der Waals surface area contributed by atoms with Crippen LogP contribution in [0.1, 0.15) is 57.2 Å². The van der Waals surface area contributed by atoms with Gasteiger partial charge < -0.3 is 32.7 Å². The molecule has 0 unspecified atom stereocenters. The molecule has 8 aromatic rings. The molecule has 8 rings (SSSR count). The lowest BCUT2D eigenvalue weighted by molar-refractivity contribution is -0.159. The Morgan fingerprint density at radius 1 is 0.841 bits per heavy atom. The van der Waals surface area contributed by atoms with Crippen molar-refractivity contribution in [3.63, 3.8) is 0 Å². The number of fused-ring (bicyclic) bond motifs is 2. The quantitative estimate of drug-likeness (QED) is 0.0814. The molecule has 0 atom stereocenters. The summed E-state index contributed by atoms with van der Waals surface area (Å²) in [6.07, 6.45) is 4.73. The predicted octanol–water partition coefficient (Wildman–Crippen LogP) is 10.7. The van der Waals surface area contributed by atoms with Gasteiger partial charge in [-0.05, 0) is 112 Å². The van der Waals surface area contributed by atoms with Crippen molar-refractivity contribution in [2.75, 3.05) is 0 Å². The normalized spacial score (nSPS) is 11.5. The number of oxazole rings is 1.